The van der Waals surface area contributed by atoms with E-state index >= 15 is 0 Å². The minimum Gasteiger partial charge on any atom is -0.494 e. The Bertz CT molecular complexity index is 1430. The van der Waals surface area contributed by atoms with Gasteiger partial charge in [-0.2, -0.15) is 18.2 Å². The van der Waals surface area contributed by atoms with E-state index in [0.29, 0.717) is 21.9 Å². The van der Waals surface area contributed by atoms with Crippen LogP contribution in [-0.2, 0) is 4.79 Å². The molecule has 1 aromatic heterocycles. The molecule has 2 aliphatic heterocycles. The molecule has 0 amide bonds. The Hall–Kier alpha value is -3.61. The highest BCUT2D eigenvalue weighted by Gasteiger charge is 2.48. The van der Waals surface area contributed by atoms with E-state index in [1.165, 1.54) is 5.56 Å². The molecular weight excluding hydrogens is 560 g/mol. The summed E-state index contributed by atoms with van der Waals surface area (Å²) in [5, 5.41) is 13.1. The summed E-state index contributed by atoms with van der Waals surface area (Å²) in [4.78, 5) is 17.8. The number of carboxylic acids is 1. The van der Waals surface area contributed by atoms with Gasteiger partial charge in [0, 0.05) is 23.4 Å². The molecule has 2 aromatic carbocycles. The lowest BCUT2D eigenvalue weighted by Crippen LogP contribution is -2.49. The van der Waals surface area contributed by atoms with Crippen molar-refractivity contribution < 1.29 is 27.8 Å². The third kappa shape index (κ3) is 6.02. The van der Waals surface area contributed by atoms with Gasteiger partial charge in [-0.05, 0) is 48.1 Å². The van der Waals surface area contributed by atoms with Crippen molar-refractivity contribution >= 4 is 46.7 Å². The minimum atomic E-state index is -5.08. The Labute approximate surface area is 231 Å². The molecule has 1 fully saturated rings. The Kier molecular flexibility index (Phi) is 8.19. The van der Waals surface area contributed by atoms with Crippen LogP contribution in [0.25, 0.3) is 5.69 Å². The van der Waals surface area contributed by atoms with Crippen LogP contribution < -0.4 is 15.1 Å². The summed E-state index contributed by atoms with van der Waals surface area (Å²) in [6, 6.07) is 14.0. The number of fused-ring (bicyclic) bond motifs is 1. The van der Waals surface area contributed by atoms with Crippen LogP contribution in [0.5, 0.6) is 5.75 Å². The summed E-state index contributed by atoms with van der Waals surface area (Å²) in [5.41, 5.74) is 9.16. The van der Waals surface area contributed by atoms with Crippen molar-refractivity contribution in [3.05, 3.63) is 70.7 Å². The van der Waals surface area contributed by atoms with Gasteiger partial charge in [0.25, 0.3) is 5.96 Å². The number of halogens is 5. The molecule has 2 aliphatic rings. The number of aliphatic imine (C=N–C) groups is 1. The first-order chi connectivity index (χ1) is 18.4. The van der Waals surface area contributed by atoms with Gasteiger partial charge in [-0.1, -0.05) is 35.3 Å². The number of aromatic nitrogens is 2. The quantitative estimate of drug-likeness (QED) is 0.380. The summed E-state index contributed by atoms with van der Waals surface area (Å²) in [5.74, 6) is -0.741. The Morgan fingerprint density at radius 1 is 1.18 bits per heavy atom. The first-order valence-corrected chi connectivity index (χ1v) is 12.5. The first-order valence-electron chi connectivity index (χ1n) is 11.7. The Morgan fingerprint density at radius 3 is 2.46 bits per heavy atom. The number of hydrogen-bond donors (Lipinski definition) is 2. The predicted octanol–water partition coefficient (Wildman–Crippen LogP) is 5.74. The molecule has 0 aliphatic carbocycles. The number of methoxy groups -OCH3 is 1. The summed E-state index contributed by atoms with van der Waals surface area (Å²) in [6.07, 6.45) is 1.37. The van der Waals surface area contributed by atoms with Crippen LogP contribution in [0.3, 0.4) is 0 Å². The van der Waals surface area contributed by atoms with Gasteiger partial charge in [0.2, 0.25) is 5.84 Å². The second kappa shape index (κ2) is 11.2. The van der Waals surface area contributed by atoms with Crippen molar-refractivity contribution in [2.45, 2.75) is 31.4 Å². The fourth-order valence-electron chi connectivity index (χ4n) is 4.64. The van der Waals surface area contributed by atoms with Gasteiger partial charge in [0.15, 0.2) is 5.69 Å². The molecule has 206 valence electrons. The van der Waals surface area contributed by atoms with E-state index in [4.69, 9.17) is 53.7 Å². The highest BCUT2D eigenvalue weighted by atomic mass is 35.5. The number of alkyl halides is 3. The lowest BCUT2D eigenvalue weighted by Gasteiger charge is -2.30. The van der Waals surface area contributed by atoms with Gasteiger partial charge < -0.3 is 20.1 Å². The maximum atomic E-state index is 10.6. The topological polar surface area (TPSA) is 115 Å². The van der Waals surface area contributed by atoms with E-state index in [1.54, 1.807) is 19.6 Å². The van der Waals surface area contributed by atoms with Crippen molar-refractivity contribution in [2.75, 3.05) is 13.7 Å². The van der Waals surface area contributed by atoms with Crippen LogP contribution in [0.15, 0.2) is 65.1 Å². The lowest BCUT2D eigenvalue weighted by molar-refractivity contribution is -0.192. The molecule has 5 rings (SSSR count). The van der Waals surface area contributed by atoms with Gasteiger partial charge in [-0.15, -0.1) is 4.59 Å². The predicted molar refractivity (Wildman–Crippen MR) is 143 cm³/mol. The third-order valence-electron chi connectivity index (χ3n) is 6.35. The van der Waals surface area contributed by atoms with Crippen LogP contribution in [0, 0.1) is 0 Å². The molecule has 2 unspecified atom stereocenters. The number of benzene rings is 2. The van der Waals surface area contributed by atoms with Crippen molar-refractivity contribution in [3.8, 4) is 11.4 Å². The summed E-state index contributed by atoms with van der Waals surface area (Å²) >= 11 is 12.2. The molecule has 1 saturated heterocycles. The SMILES string of the molecule is COc1cc([N+]23CCCCC(c4ccc(Cl)cc4)C2=NC(N)=N3)ccc1-n1cnc(Cl)c1.O=C(O)C(F)(F)F. The number of guanidine groups is 1. The standard InChI is InChI=1S/C23H23Cl2N6O.C2HF3O2/c1-32-20-12-17(9-10-19(20)30-13-21(25)27-14-30)31-11-3-2-4-18(22(31)28-23(26)29-31)15-5-7-16(24)8-6-15;3-2(4,5)1(6)7/h5-10,12-14,18H,2-4,11H2,1H3,(H2,26,29);(H,6,7)/q+1;. The normalized spacial score (nSPS) is 20.6. The molecular formula is C25H24Cl2F3N6O3+. The average molecular weight is 584 g/mol. The fraction of sp³-hybridized carbons (Fsp3) is 0.280. The summed E-state index contributed by atoms with van der Waals surface area (Å²) in [6.45, 7) is 0.781. The number of nitrogens with two attached hydrogens (primary N) is 1. The monoisotopic (exact) mass is 583 g/mol. The van der Waals surface area contributed by atoms with Crippen molar-refractivity contribution in [1.29, 1.82) is 0 Å². The molecule has 0 spiro atoms. The minimum absolute atomic E-state index is 0.0951. The number of imidazole rings is 1. The number of carboxylic acid groups (broad SMARTS) is 1. The zero-order valence-electron chi connectivity index (χ0n) is 20.6. The largest absolute Gasteiger partial charge is 0.494 e. The number of quaternary nitrogens is 1. The van der Waals surface area contributed by atoms with E-state index in [-0.39, 0.29) is 10.5 Å². The van der Waals surface area contributed by atoms with Crippen LogP contribution in [0.1, 0.15) is 30.7 Å². The second-order valence-corrected chi connectivity index (χ2v) is 9.61. The highest BCUT2D eigenvalue weighted by Crippen LogP contribution is 2.42. The number of ether oxygens (including phenoxy) is 1. The summed E-state index contributed by atoms with van der Waals surface area (Å²) < 4.78 is 39.6. The van der Waals surface area contributed by atoms with Crippen molar-refractivity contribution in [3.63, 3.8) is 0 Å². The Morgan fingerprint density at radius 2 is 1.87 bits per heavy atom. The van der Waals surface area contributed by atoms with E-state index < -0.39 is 12.1 Å². The number of aliphatic carboxylic acids is 1. The second-order valence-electron chi connectivity index (χ2n) is 8.78. The molecule has 2 atom stereocenters. The van der Waals surface area contributed by atoms with E-state index in [0.717, 1.165) is 43.0 Å². The molecule has 3 N–H and O–H groups in total. The molecule has 14 heteroatoms. The molecule has 3 aromatic rings. The maximum absolute atomic E-state index is 10.6. The smallest absolute Gasteiger partial charge is 0.490 e. The molecule has 0 saturated carbocycles. The molecule has 39 heavy (non-hydrogen) atoms. The fourth-order valence-corrected chi connectivity index (χ4v) is 4.91. The average Bonchev–Trinajstić information content (AvgIpc) is 3.42. The maximum Gasteiger partial charge on any atom is 0.490 e. The van der Waals surface area contributed by atoms with Gasteiger partial charge in [-0.25, -0.2) is 9.78 Å². The van der Waals surface area contributed by atoms with Crippen LogP contribution in [0.4, 0.5) is 18.9 Å². The molecule has 0 radical (unpaired) electrons. The van der Waals surface area contributed by atoms with Crippen LogP contribution >= 0.6 is 23.2 Å². The molecule has 0 bridgehead atoms. The molecule has 3 heterocycles. The Balaban J connectivity index is 0.000000448. The third-order valence-corrected chi connectivity index (χ3v) is 6.80. The van der Waals surface area contributed by atoms with Crippen LogP contribution in [-0.4, -0.2) is 52.3 Å². The summed E-state index contributed by atoms with van der Waals surface area (Å²) in [7, 11) is 1.65. The molecule has 9 nitrogen and oxygen atoms in total. The van der Waals surface area contributed by atoms with Gasteiger partial charge in [0.1, 0.15) is 23.8 Å². The van der Waals surface area contributed by atoms with Gasteiger partial charge in [0.05, 0.1) is 18.7 Å². The zero-order chi connectivity index (χ0) is 28.4. The van der Waals surface area contributed by atoms with Crippen molar-refractivity contribution in [1.82, 2.24) is 14.1 Å². The van der Waals surface area contributed by atoms with E-state index in [2.05, 4.69) is 17.1 Å². The van der Waals surface area contributed by atoms with E-state index in [1.807, 2.05) is 34.9 Å². The van der Waals surface area contributed by atoms with Gasteiger partial charge in [-0.3, -0.25) is 0 Å². The number of amidine groups is 1. The highest BCUT2D eigenvalue weighted by molar-refractivity contribution is 6.30. The van der Waals surface area contributed by atoms with Gasteiger partial charge >= 0.3 is 12.1 Å². The number of carbonyl (C=O) groups is 1. The number of rotatable bonds is 4. The van der Waals surface area contributed by atoms with Crippen molar-refractivity contribution in [2.24, 2.45) is 15.8 Å². The number of hydrogen-bond acceptors (Lipinski definition) is 6. The lowest BCUT2D eigenvalue weighted by atomic mass is 9.92. The number of nitrogens with zero attached hydrogens (tertiary/aromatic N) is 5. The first kappa shape index (κ1) is 28.4. The van der Waals surface area contributed by atoms with E-state index in [9.17, 15) is 13.2 Å². The zero-order valence-corrected chi connectivity index (χ0v) is 22.1. The van der Waals surface area contributed by atoms with Crippen LogP contribution in [0.2, 0.25) is 10.2 Å².